The minimum Gasteiger partial charge on any atom is -0.462 e. The van der Waals surface area contributed by atoms with Crippen molar-refractivity contribution >= 4 is 6.16 Å². The van der Waals surface area contributed by atoms with Crippen LogP contribution in [0, 0.1) is 0 Å². The molecule has 5 atom stereocenters. The molecular weight excluding hydrogens is 444 g/mol. The molecule has 1 fully saturated rings. The average Bonchev–Trinajstić information content (AvgIpc) is 2.85. The van der Waals surface area contributed by atoms with Gasteiger partial charge >= 0.3 is 6.16 Å². The predicted molar refractivity (Wildman–Crippen MR) is 121 cm³/mol. The van der Waals surface area contributed by atoms with Crippen LogP contribution in [0.1, 0.15) is 36.1 Å². The monoisotopic (exact) mass is 476 g/mol. The average molecular weight is 477 g/mol. The van der Waals surface area contributed by atoms with E-state index in [0.717, 1.165) is 17.5 Å². The van der Waals surface area contributed by atoms with Crippen molar-refractivity contribution in [2.45, 2.75) is 64.0 Å². The highest BCUT2D eigenvalue weighted by atomic mass is 16.7. The molecule has 1 aliphatic heterocycles. The molecule has 1 saturated heterocycles. The van der Waals surface area contributed by atoms with E-state index in [9.17, 15) is 25.2 Å². The maximum Gasteiger partial charge on any atom is 0.508 e. The van der Waals surface area contributed by atoms with Crippen molar-refractivity contribution in [3.63, 3.8) is 0 Å². The number of rotatable bonds is 9. The molecule has 4 N–H and O–H groups in total. The lowest BCUT2D eigenvalue weighted by molar-refractivity contribution is -0.278. The largest absolute Gasteiger partial charge is 0.508 e. The van der Waals surface area contributed by atoms with Crippen LogP contribution in [0.4, 0.5) is 4.79 Å². The number of hydrogen-bond acceptors (Lipinski definition) is 9. The summed E-state index contributed by atoms with van der Waals surface area (Å²) in [6.07, 6.45) is -6.67. The lowest BCUT2D eigenvalue weighted by Gasteiger charge is -2.40. The number of aliphatic hydroxyl groups excluding tert-OH is 4. The molecule has 1 aliphatic rings. The Morgan fingerprint density at radius 1 is 0.912 bits per heavy atom. The van der Waals surface area contributed by atoms with Gasteiger partial charge in [0.25, 0.3) is 0 Å². The van der Waals surface area contributed by atoms with E-state index < -0.39 is 43.5 Å². The van der Waals surface area contributed by atoms with Crippen molar-refractivity contribution in [2.75, 3.05) is 13.2 Å². The van der Waals surface area contributed by atoms with Gasteiger partial charge in [0.1, 0.15) is 36.8 Å². The predicted octanol–water partition coefficient (Wildman–Crippen LogP) is 1.69. The molecule has 1 heterocycles. The number of aliphatic hydroxyl groups is 4. The number of aryl methyl sites for hydroxylation is 1. The third-order valence-electron chi connectivity index (χ3n) is 5.68. The number of benzene rings is 2. The molecule has 0 aliphatic carbocycles. The Morgan fingerprint density at radius 2 is 1.59 bits per heavy atom. The Morgan fingerprint density at radius 3 is 2.24 bits per heavy atom. The second-order valence-corrected chi connectivity index (χ2v) is 8.07. The van der Waals surface area contributed by atoms with Gasteiger partial charge in [-0.1, -0.05) is 43.3 Å². The zero-order chi connectivity index (χ0) is 24.7. The molecule has 34 heavy (non-hydrogen) atoms. The molecule has 9 nitrogen and oxygen atoms in total. The summed E-state index contributed by atoms with van der Waals surface area (Å²) in [6, 6.07) is 13.4. The Kier molecular flexibility index (Phi) is 9.26. The lowest BCUT2D eigenvalue weighted by Crippen LogP contribution is -2.60. The number of carbonyl (C=O) groups is 1. The Hall–Kier alpha value is -2.69. The highest BCUT2D eigenvalue weighted by Gasteiger charge is 2.45. The maximum atomic E-state index is 11.5. The standard InChI is InChI=1S/C25H32O9/c1-3-15-5-7-16(8-6-15)11-18-10-9-17(13-26)12-19(18)33-24-23(29)22(28)21(27)20(34-24)14-32-25(30)31-4-2/h5-10,12,20-24,26-29H,3-4,11,13-14H2,1-2H3/t20-,21-,22+,23-,24+/m1/s1. The van der Waals surface area contributed by atoms with E-state index in [1.54, 1.807) is 19.1 Å². The zero-order valence-corrected chi connectivity index (χ0v) is 19.3. The second-order valence-electron chi connectivity index (χ2n) is 8.07. The van der Waals surface area contributed by atoms with E-state index >= 15 is 0 Å². The van der Waals surface area contributed by atoms with E-state index in [1.807, 2.05) is 18.2 Å². The molecule has 186 valence electrons. The first-order chi connectivity index (χ1) is 16.4. The summed E-state index contributed by atoms with van der Waals surface area (Å²) in [5.74, 6) is 0.351. The van der Waals surface area contributed by atoms with Gasteiger partial charge in [0.2, 0.25) is 6.29 Å². The van der Waals surface area contributed by atoms with E-state index in [1.165, 1.54) is 5.56 Å². The Labute approximate surface area is 198 Å². The van der Waals surface area contributed by atoms with Gasteiger partial charge in [-0.3, -0.25) is 0 Å². The van der Waals surface area contributed by atoms with Gasteiger partial charge in [-0.25, -0.2) is 4.79 Å². The van der Waals surface area contributed by atoms with Crippen LogP contribution in [0.15, 0.2) is 42.5 Å². The van der Waals surface area contributed by atoms with Crippen molar-refractivity contribution in [2.24, 2.45) is 0 Å². The van der Waals surface area contributed by atoms with Gasteiger partial charge in [-0.2, -0.15) is 0 Å². The summed E-state index contributed by atoms with van der Waals surface area (Å²) in [7, 11) is 0. The molecular formula is C25H32O9. The van der Waals surface area contributed by atoms with Gasteiger partial charge in [0.05, 0.1) is 13.2 Å². The summed E-state index contributed by atoms with van der Waals surface area (Å²) >= 11 is 0. The van der Waals surface area contributed by atoms with Crippen LogP contribution in [0.3, 0.4) is 0 Å². The normalized spacial score (nSPS) is 24.5. The fourth-order valence-corrected chi connectivity index (χ4v) is 3.65. The lowest BCUT2D eigenvalue weighted by atomic mass is 9.98. The quantitative estimate of drug-likeness (QED) is 0.399. The van der Waals surface area contributed by atoms with Gasteiger partial charge in [-0.15, -0.1) is 0 Å². The zero-order valence-electron chi connectivity index (χ0n) is 19.3. The van der Waals surface area contributed by atoms with Crippen LogP contribution in [-0.2, 0) is 33.7 Å². The molecule has 3 rings (SSSR count). The first-order valence-electron chi connectivity index (χ1n) is 11.3. The maximum absolute atomic E-state index is 11.5. The van der Waals surface area contributed by atoms with Crippen molar-refractivity contribution in [3.8, 4) is 5.75 Å². The molecule has 0 spiro atoms. The van der Waals surface area contributed by atoms with Crippen LogP contribution in [0.5, 0.6) is 5.75 Å². The van der Waals surface area contributed by atoms with Crippen molar-refractivity contribution in [1.29, 1.82) is 0 Å². The van der Waals surface area contributed by atoms with Crippen LogP contribution in [0.25, 0.3) is 0 Å². The molecule has 9 heteroatoms. The van der Waals surface area contributed by atoms with Gasteiger partial charge in [0.15, 0.2) is 0 Å². The fourth-order valence-electron chi connectivity index (χ4n) is 3.65. The Bertz CT molecular complexity index is 930. The van der Waals surface area contributed by atoms with Crippen molar-refractivity contribution in [1.82, 2.24) is 0 Å². The molecule has 0 bridgehead atoms. The summed E-state index contributed by atoms with van der Waals surface area (Å²) in [6.45, 7) is 3.20. The molecule has 0 saturated carbocycles. The van der Waals surface area contributed by atoms with E-state index in [4.69, 9.17) is 14.2 Å². The van der Waals surface area contributed by atoms with E-state index in [2.05, 4.69) is 23.8 Å². The topological polar surface area (TPSA) is 135 Å². The van der Waals surface area contributed by atoms with Crippen molar-refractivity contribution < 1.29 is 44.2 Å². The van der Waals surface area contributed by atoms with Crippen LogP contribution < -0.4 is 4.74 Å². The highest BCUT2D eigenvalue weighted by molar-refractivity contribution is 5.59. The van der Waals surface area contributed by atoms with Gasteiger partial charge in [-0.05, 0) is 41.7 Å². The third-order valence-corrected chi connectivity index (χ3v) is 5.68. The smallest absolute Gasteiger partial charge is 0.462 e. The van der Waals surface area contributed by atoms with Gasteiger partial charge < -0.3 is 39.4 Å². The molecule has 0 amide bonds. The molecule has 0 unspecified atom stereocenters. The minimum absolute atomic E-state index is 0.116. The fraction of sp³-hybridized carbons (Fsp3) is 0.480. The summed E-state index contributed by atoms with van der Waals surface area (Å²) in [5, 5.41) is 40.6. The number of carbonyl (C=O) groups excluding carboxylic acids is 1. The Balaban J connectivity index is 1.78. The molecule has 0 radical (unpaired) electrons. The second kappa shape index (κ2) is 12.1. The number of hydrogen-bond donors (Lipinski definition) is 4. The van der Waals surface area contributed by atoms with E-state index in [0.29, 0.717) is 17.7 Å². The van der Waals surface area contributed by atoms with Crippen LogP contribution in [-0.4, -0.2) is 70.5 Å². The van der Waals surface area contributed by atoms with E-state index in [-0.39, 0.29) is 13.2 Å². The third kappa shape index (κ3) is 6.46. The first-order valence-corrected chi connectivity index (χ1v) is 11.3. The summed E-state index contributed by atoms with van der Waals surface area (Å²) < 4.78 is 21.2. The minimum atomic E-state index is -1.60. The van der Waals surface area contributed by atoms with Crippen molar-refractivity contribution in [3.05, 3.63) is 64.7 Å². The SMILES string of the molecule is CCOC(=O)OC[C@H]1O[C@H](Oc2cc(CO)ccc2Cc2ccc(CC)cc2)[C@H](O)[C@@H](O)[C@@H]1O. The first kappa shape index (κ1) is 25.9. The molecule has 0 aromatic heterocycles. The van der Waals surface area contributed by atoms with Crippen LogP contribution >= 0.6 is 0 Å². The molecule has 2 aromatic carbocycles. The van der Waals surface area contributed by atoms with Gasteiger partial charge in [0, 0.05) is 6.42 Å². The summed E-state index contributed by atoms with van der Waals surface area (Å²) in [4.78, 5) is 11.5. The summed E-state index contributed by atoms with van der Waals surface area (Å²) in [5.41, 5.74) is 3.63. The highest BCUT2D eigenvalue weighted by Crippen LogP contribution is 2.29. The number of ether oxygens (including phenoxy) is 4. The molecule has 2 aromatic rings. The van der Waals surface area contributed by atoms with Crippen LogP contribution in [0.2, 0.25) is 0 Å².